The maximum atomic E-state index is 13.1. The number of azo groups is 4. The highest BCUT2D eigenvalue weighted by Crippen LogP contribution is 2.49. The number of aromatic hydroxyl groups is 2. The summed E-state index contributed by atoms with van der Waals surface area (Å²) < 4.78 is 210. The molecule has 0 atom stereocenters. The van der Waals surface area contributed by atoms with Gasteiger partial charge in [-0.15, -0.1) is 35.8 Å². The quantitative estimate of drug-likeness (QED) is 0.0143. The number of hydrogen-bond donors (Lipinski definition) is 9. The van der Waals surface area contributed by atoms with Gasteiger partial charge in [-0.3, -0.25) is 37.4 Å². The Morgan fingerprint density at radius 3 is 1.63 bits per heavy atom. The highest BCUT2D eigenvalue weighted by Gasteiger charge is 2.30. The number of aromatic nitrogens is 2. The monoisotopic (exact) mass is 1270 g/mol. The van der Waals surface area contributed by atoms with Crippen molar-refractivity contribution in [3.8, 4) is 17.2 Å². The summed E-state index contributed by atoms with van der Waals surface area (Å²) in [5.41, 5.74) is -0.614. The number of nitrogens with zero attached hydrogens (tertiary/aromatic N) is 11. The molecule has 10 N–H and O–H groups in total. The number of benzene rings is 7. The van der Waals surface area contributed by atoms with Gasteiger partial charge in [-0.25, -0.2) is 4.68 Å². The van der Waals surface area contributed by atoms with E-state index in [1.165, 1.54) is 23.0 Å². The van der Waals surface area contributed by atoms with Crippen LogP contribution in [-0.4, -0.2) is 103 Å². The summed E-state index contributed by atoms with van der Waals surface area (Å²) in [5, 5.41) is 64.1. The number of phenols is 2. The zero-order chi connectivity index (χ0) is 60.4. The third-order valence-electron chi connectivity index (χ3n) is 11.0. The zero-order valence-corrected chi connectivity index (χ0v) is 45.1. The first-order valence-corrected chi connectivity index (χ1v) is 30.1. The van der Waals surface area contributed by atoms with Crippen LogP contribution in [0.2, 0.25) is 5.02 Å². The number of non-ortho nitro benzene ring substituents is 1. The second-order valence-corrected chi connectivity index (χ2v) is 25.0. The van der Waals surface area contributed by atoms with E-state index in [4.69, 9.17) is 17.3 Å². The molecule has 0 unspecified atom stereocenters. The molecular weight excluding hydrogens is 1240 g/mol. The number of nitro benzene ring substituents is 1. The van der Waals surface area contributed by atoms with Gasteiger partial charge >= 0.3 is 0 Å². The number of anilines is 1. The van der Waals surface area contributed by atoms with Crippen molar-refractivity contribution in [2.45, 2.75) is 29.4 Å². The SMILES string of the molecule is Nc1c(N=Nc2ccc3c(O)c(N=Nc4cc(Cl)c(N=Nc5cnn(-c6ccc(S(=O)(=O)O)cc6)c5)c(S(=O)(=O)O)c4)c(S(=O)(=O)O)cc3c2S(=O)(=O)O)cc(S(=O)(=O)O)c2ccc(N=Nc3ccc([N+](=O)[O-])cc3S(=O)(=O)O)c(O)c12. The second kappa shape index (κ2) is 21.3. The van der Waals surface area contributed by atoms with Gasteiger partial charge in [-0.2, -0.15) is 60.7 Å². The lowest BCUT2D eigenvalue weighted by atomic mass is 10.1. The molecular formula is C41H27ClN12O22S6. The van der Waals surface area contributed by atoms with Crippen molar-refractivity contribution in [2.75, 3.05) is 5.73 Å². The summed E-state index contributed by atoms with van der Waals surface area (Å²) in [4.78, 5) is 3.78. The van der Waals surface area contributed by atoms with Gasteiger partial charge < -0.3 is 15.9 Å². The zero-order valence-electron chi connectivity index (χ0n) is 39.4. The molecule has 0 aliphatic rings. The third-order valence-corrected chi connectivity index (χ3v) is 16.6. The van der Waals surface area contributed by atoms with Crippen LogP contribution in [0.4, 0.5) is 56.9 Å². The maximum Gasteiger partial charge on any atom is 0.297 e. The maximum absolute atomic E-state index is 13.1. The summed E-state index contributed by atoms with van der Waals surface area (Å²) in [7, 11) is -31.6. The first kappa shape index (κ1) is 59.3. The van der Waals surface area contributed by atoms with Crippen LogP contribution in [0, 0.1) is 10.1 Å². The van der Waals surface area contributed by atoms with Crippen molar-refractivity contribution in [1.82, 2.24) is 9.78 Å². The molecule has 0 saturated carbocycles. The van der Waals surface area contributed by atoms with E-state index in [1.807, 2.05) is 0 Å². The highest BCUT2D eigenvalue weighted by atomic mass is 35.5. The van der Waals surface area contributed by atoms with E-state index in [9.17, 15) is 98.2 Å². The molecule has 0 aliphatic carbocycles. The Morgan fingerprint density at radius 1 is 0.500 bits per heavy atom. The summed E-state index contributed by atoms with van der Waals surface area (Å²) in [5.74, 6) is -2.36. The number of phenolic OH excluding ortho intramolecular Hbond substituents is 2. The number of nitro groups is 1. The van der Waals surface area contributed by atoms with Crippen molar-refractivity contribution in [2.24, 2.45) is 40.9 Å². The number of nitrogens with two attached hydrogens (primary N) is 1. The van der Waals surface area contributed by atoms with Gasteiger partial charge in [-0.05, 0) is 72.8 Å². The van der Waals surface area contributed by atoms with Crippen molar-refractivity contribution in [3.63, 3.8) is 0 Å². The van der Waals surface area contributed by atoms with Gasteiger partial charge in [0, 0.05) is 28.3 Å². The fraction of sp³-hybridized carbons (Fsp3) is 0. The average Bonchev–Trinajstić information content (AvgIpc) is 2.88. The predicted molar refractivity (Wildman–Crippen MR) is 279 cm³/mol. The van der Waals surface area contributed by atoms with Crippen molar-refractivity contribution < 1.29 is 93.0 Å². The van der Waals surface area contributed by atoms with E-state index in [2.05, 4.69) is 46.0 Å². The fourth-order valence-electron chi connectivity index (χ4n) is 7.39. The Bertz CT molecular complexity index is 4950. The van der Waals surface area contributed by atoms with Crippen LogP contribution in [0.15, 0.2) is 174 Å². The Balaban J connectivity index is 1.18. The van der Waals surface area contributed by atoms with Crippen LogP contribution in [0.3, 0.4) is 0 Å². The Kier molecular flexibility index (Phi) is 15.4. The number of hydrogen-bond acceptors (Lipinski definition) is 26. The minimum Gasteiger partial charge on any atom is -0.505 e. The first-order chi connectivity index (χ1) is 37.9. The lowest BCUT2D eigenvalue weighted by Crippen LogP contribution is -2.03. The number of fused-ring (bicyclic) bond motifs is 2. The largest absolute Gasteiger partial charge is 0.505 e. The standard InChI is InChI=1S/C41H27ClN12O22S6/c42-26-11-18(12-33(80(68,69)70)37(26)51-46-19-16-44-53(17-19)20-1-4-22(5-2-20)77(59,60)61)45-52-38-34(81(71,72)73)14-25-23(39(38)55)6-10-29(41(25)82(74,75)76)49-50-30-15-31(78(62,63)64)24-7-9-28(40(56)35(24)36(30)43)48-47-27-8-3-21(54(57)58)13-32(27)79(65,66)67/h1-17,55-56H,43H2,(H,59,60,61)(H,62,63,64)(H,65,66,67)(H,68,69,70)(H,71,72,73)(H,74,75,76). The molecule has 8 aromatic rings. The summed E-state index contributed by atoms with van der Waals surface area (Å²) in [6.07, 6.45) is 2.36. The van der Waals surface area contributed by atoms with Gasteiger partial charge in [0.25, 0.3) is 66.4 Å². The molecule has 34 nitrogen and oxygen atoms in total. The Labute approximate surface area is 462 Å². The molecule has 8 rings (SSSR count). The lowest BCUT2D eigenvalue weighted by Gasteiger charge is -2.13. The highest BCUT2D eigenvalue weighted by molar-refractivity contribution is 7.87. The molecule has 1 aromatic heterocycles. The third kappa shape index (κ3) is 12.3. The molecule has 0 saturated heterocycles. The lowest BCUT2D eigenvalue weighted by molar-refractivity contribution is -0.385. The van der Waals surface area contributed by atoms with Gasteiger partial charge in [0.1, 0.15) is 64.3 Å². The van der Waals surface area contributed by atoms with Gasteiger partial charge in [0.05, 0.1) is 49.7 Å². The van der Waals surface area contributed by atoms with Crippen LogP contribution in [0.5, 0.6) is 11.5 Å². The topological polar surface area (TPSA) is 553 Å². The molecule has 41 heteroatoms. The molecule has 1 heterocycles. The van der Waals surface area contributed by atoms with E-state index in [-0.39, 0.29) is 11.4 Å². The molecule has 0 bridgehead atoms. The van der Waals surface area contributed by atoms with Crippen LogP contribution < -0.4 is 5.73 Å². The van der Waals surface area contributed by atoms with Crippen molar-refractivity contribution in [3.05, 3.63) is 119 Å². The smallest absolute Gasteiger partial charge is 0.297 e. The number of halogens is 1. The van der Waals surface area contributed by atoms with Gasteiger partial charge in [-0.1, -0.05) is 17.7 Å². The van der Waals surface area contributed by atoms with E-state index in [0.29, 0.717) is 24.3 Å². The second-order valence-electron chi connectivity index (χ2n) is 16.2. The van der Waals surface area contributed by atoms with E-state index >= 15 is 0 Å². The molecule has 0 fully saturated rings. The van der Waals surface area contributed by atoms with Crippen LogP contribution in [0.25, 0.3) is 27.2 Å². The molecule has 0 radical (unpaired) electrons. The number of rotatable bonds is 16. The fourth-order valence-corrected chi connectivity index (χ4v) is 11.7. The molecule has 426 valence electrons. The molecule has 82 heavy (non-hydrogen) atoms. The van der Waals surface area contributed by atoms with Crippen LogP contribution >= 0.6 is 11.6 Å². The Morgan fingerprint density at radius 2 is 1.04 bits per heavy atom. The Hall–Kier alpha value is -8.78. The minimum atomic E-state index is -5.67. The molecule has 0 spiro atoms. The molecule has 7 aromatic carbocycles. The minimum absolute atomic E-state index is 0.0619. The van der Waals surface area contributed by atoms with Gasteiger partial charge in [0.2, 0.25) is 0 Å². The van der Waals surface area contributed by atoms with Crippen LogP contribution in [-0.2, 0) is 60.7 Å². The first-order valence-electron chi connectivity index (χ1n) is 21.1. The van der Waals surface area contributed by atoms with Gasteiger partial charge in [0.15, 0.2) is 11.5 Å². The summed E-state index contributed by atoms with van der Waals surface area (Å²) in [6, 6.07) is 12.4. The van der Waals surface area contributed by atoms with E-state index in [1.54, 1.807) is 0 Å². The van der Waals surface area contributed by atoms with E-state index in [0.717, 1.165) is 60.8 Å². The van der Waals surface area contributed by atoms with Crippen molar-refractivity contribution >= 4 is 151 Å². The average molecular weight is 1270 g/mol. The van der Waals surface area contributed by atoms with E-state index < -0.39 is 184 Å². The number of nitrogen functional groups attached to an aromatic ring is 1. The molecule has 0 amide bonds. The van der Waals surface area contributed by atoms with Crippen LogP contribution in [0.1, 0.15) is 0 Å². The van der Waals surface area contributed by atoms with Crippen molar-refractivity contribution in [1.29, 1.82) is 0 Å². The summed E-state index contributed by atoms with van der Waals surface area (Å²) >= 11 is 6.32. The molecule has 0 aliphatic heterocycles. The normalized spacial score (nSPS) is 13.2. The summed E-state index contributed by atoms with van der Waals surface area (Å²) in [6.45, 7) is 0. The predicted octanol–water partition coefficient (Wildman–Crippen LogP) is 8.88.